The van der Waals surface area contributed by atoms with Crippen LogP contribution in [-0.4, -0.2) is 16.2 Å². The molecule has 1 aliphatic rings. The second kappa shape index (κ2) is 7.01. The Bertz CT molecular complexity index is 896. The van der Waals surface area contributed by atoms with E-state index in [1.54, 1.807) is 30.3 Å². The van der Waals surface area contributed by atoms with E-state index in [4.69, 9.17) is 11.6 Å². The number of nitrogens with one attached hydrogen (secondary N) is 1. The maximum atomic E-state index is 12.1. The van der Waals surface area contributed by atoms with Crippen LogP contribution >= 0.6 is 39.3 Å². The summed E-state index contributed by atoms with van der Waals surface area (Å²) in [4.78, 5) is 17.0. The molecule has 122 valence electrons. The number of aryl methyl sites for hydroxylation is 1. The van der Waals surface area contributed by atoms with Gasteiger partial charge >= 0.3 is 0 Å². The van der Waals surface area contributed by atoms with Gasteiger partial charge in [0.15, 0.2) is 5.17 Å². The summed E-state index contributed by atoms with van der Waals surface area (Å²) in [5.41, 5.74) is 2.36. The van der Waals surface area contributed by atoms with Crippen LogP contribution in [0.3, 0.4) is 0 Å². The monoisotopic (exact) mass is 422 g/mol. The number of amidine groups is 1. The van der Waals surface area contributed by atoms with E-state index >= 15 is 0 Å². The van der Waals surface area contributed by atoms with Gasteiger partial charge in [0.1, 0.15) is 5.75 Å². The average molecular weight is 424 g/mol. The maximum absolute atomic E-state index is 12.1. The summed E-state index contributed by atoms with van der Waals surface area (Å²) < 4.78 is 0.789. The van der Waals surface area contributed by atoms with Gasteiger partial charge in [-0.15, -0.1) is 0 Å². The largest absolute Gasteiger partial charge is 0.508 e. The fourth-order valence-electron chi connectivity index (χ4n) is 2.03. The first-order valence-electron chi connectivity index (χ1n) is 6.96. The van der Waals surface area contributed by atoms with Crippen molar-refractivity contribution >= 4 is 62.1 Å². The Balaban J connectivity index is 1.87. The quantitative estimate of drug-likeness (QED) is 0.668. The van der Waals surface area contributed by atoms with Crippen LogP contribution in [0.2, 0.25) is 5.02 Å². The van der Waals surface area contributed by atoms with E-state index in [0.717, 1.165) is 10.0 Å². The highest BCUT2D eigenvalue weighted by Gasteiger charge is 2.24. The Labute approximate surface area is 156 Å². The van der Waals surface area contributed by atoms with Crippen molar-refractivity contribution in [1.29, 1.82) is 0 Å². The lowest BCUT2D eigenvalue weighted by atomic mass is 10.2. The van der Waals surface area contributed by atoms with Crippen LogP contribution in [0.4, 0.5) is 5.69 Å². The molecular formula is C17H12BrClN2O2S. The normalized spacial score (nSPS) is 17.5. The zero-order valence-corrected chi connectivity index (χ0v) is 15.7. The molecule has 2 aromatic carbocycles. The molecule has 0 unspecified atom stereocenters. The zero-order chi connectivity index (χ0) is 17.3. The fraction of sp³-hybridized carbons (Fsp3) is 0.0588. The fourth-order valence-corrected chi connectivity index (χ4v) is 3.40. The molecule has 0 saturated carbocycles. The SMILES string of the molecule is Cc1ccc(N=C2NC(=O)C(=Cc3cc(O)ccc3Br)S2)cc1Cl. The van der Waals surface area contributed by atoms with Crippen LogP contribution in [0.15, 0.2) is 50.8 Å². The molecule has 0 atom stereocenters. The Kier molecular flexibility index (Phi) is 4.99. The second-order valence-electron chi connectivity index (χ2n) is 5.12. The standard InChI is InChI=1S/C17H12BrClN2O2S/c1-9-2-3-11(8-14(9)19)20-17-21-16(23)15(24-17)7-10-6-12(22)4-5-13(10)18/h2-8,22H,1H3,(H,20,21,23). The number of thioether (sulfide) groups is 1. The van der Waals surface area contributed by atoms with E-state index in [2.05, 4.69) is 26.2 Å². The number of hydrogen-bond acceptors (Lipinski definition) is 4. The number of phenols is 1. The number of hydrogen-bond donors (Lipinski definition) is 2. The van der Waals surface area contributed by atoms with Crippen LogP contribution in [0.25, 0.3) is 6.08 Å². The number of benzene rings is 2. The molecule has 1 amide bonds. The highest BCUT2D eigenvalue weighted by Crippen LogP contribution is 2.32. The molecule has 3 rings (SSSR count). The molecule has 0 radical (unpaired) electrons. The van der Waals surface area contributed by atoms with Gasteiger partial charge in [0.2, 0.25) is 0 Å². The molecule has 1 saturated heterocycles. The molecule has 1 aliphatic heterocycles. The lowest BCUT2D eigenvalue weighted by Crippen LogP contribution is -2.19. The van der Waals surface area contributed by atoms with Gasteiger partial charge in [-0.2, -0.15) is 0 Å². The first-order valence-corrected chi connectivity index (χ1v) is 8.95. The number of carbonyl (C=O) groups excluding carboxylic acids is 1. The van der Waals surface area contributed by atoms with Crippen molar-refractivity contribution in [3.05, 3.63) is 61.9 Å². The predicted octanol–water partition coefficient (Wildman–Crippen LogP) is 5.01. The van der Waals surface area contributed by atoms with Crippen molar-refractivity contribution in [2.24, 2.45) is 4.99 Å². The molecule has 0 bridgehead atoms. The topological polar surface area (TPSA) is 61.7 Å². The van der Waals surface area contributed by atoms with Crippen molar-refractivity contribution in [3.63, 3.8) is 0 Å². The third-order valence-corrected chi connectivity index (χ3v) is 5.34. The number of aliphatic imine (C=N–C) groups is 1. The third kappa shape index (κ3) is 3.83. The molecule has 2 aromatic rings. The van der Waals surface area contributed by atoms with E-state index in [1.165, 1.54) is 11.8 Å². The number of phenolic OH excluding ortho intramolecular Hbond substituents is 1. The van der Waals surface area contributed by atoms with Crippen molar-refractivity contribution in [2.45, 2.75) is 6.92 Å². The van der Waals surface area contributed by atoms with Crippen molar-refractivity contribution in [3.8, 4) is 5.75 Å². The van der Waals surface area contributed by atoms with E-state index in [-0.39, 0.29) is 11.7 Å². The van der Waals surface area contributed by atoms with Gasteiger partial charge in [-0.25, -0.2) is 4.99 Å². The van der Waals surface area contributed by atoms with Crippen LogP contribution in [-0.2, 0) is 4.79 Å². The second-order valence-corrected chi connectivity index (χ2v) is 7.41. The summed E-state index contributed by atoms with van der Waals surface area (Å²) >= 11 is 10.7. The maximum Gasteiger partial charge on any atom is 0.264 e. The molecule has 4 nitrogen and oxygen atoms in total. The number of amides is 1. The molecule has 0 aromatic heterocycles. The van der Waals surface area contributed by atoms with E-state index in [9.17, 15) is 9.90 Å². The minimum absolute atomic E-state index is 0.136. The van der Waals surface area contributed by atoms with Gasteiger partial charge < -0.3 is 10.4 Å². The first kappa shape index (κ1) is 17.1. The number of halogens is 2. The highest BCUT2D eigenvalue weighted by molar-refractivity contribution is 9.10. The Morgan fingerprint density at radius 2 is 2.08 bits per heavy atom. The molecule has 7 heteroatoms. The van der Waals surface area contributed by atoms with Gasteiger partial charge in [-0.05, 0) is 66.2 Å². The summed E-state index contributed by atoms with van der Waals surface area (Å²) in [6.07, 6.45) is 1.70. The van der Waals surface area contributed by atoms with Crippen LogP contribution in [0.1, 0.15) is 11.1 Å². The molecule has 0 aliphatic carbocycles. The number of aromatic hydroxyl groups is 1. The van der Waals surface area contributed by atoms with Crippen LogP contribution in [0.5, 0.6) is 5.75 Å². The first-order chi connectivity index (χ1) is 11.4. The van der Waals surface area contributed by atoms with Gasteiger partial charge in [-0.1, -0.05) is 33.6 Å². The Hall–Kier alpha value is -1.76. The average Bonchev–Trinajstić information content (AvgIpc) is 2.86. The van der Waals surface area contributed by atoms with Gasteiger partial charge in [-0.3, -0.25) is 4.79 Å². The molecule has 24 heavy (non-hydrogen) atoms. The zero-order valence-electron chi connectivity index (χ0n) is 12.5. The van der Waals surface area contributed by atoms with Gasteiger partial charge in [0, 0.05) is 9.50 Å². The van der Waals surface area contributed by atoms with Crippen molar-refractivity contribution < 1.29 is 9.90 Å². The number of rotatable bonds is 2. The third-order valence-electron chi connectivity index (χ3n) is 3.30. The molecule has 1 heterocycles. The lowest BCUT2D eigenvalue weighted by Gasteiger charge is -2.00. The summed E-state index contributed by atoms with van der Waals surface area (Å²) in [6.45, 7) is 1.92. The highest BCUT2D eigenvalue weighted by atomic mass is 79.9. The molecular weight excluding hydrogens is 412 g/mol. The van der Waals surface area contributed by atoms with Gasteiger partial charge in [0.05, 0.1) is 10.6 Å². The summed E-state index contributed by atoms with van der Waals surface area (Å²) in [5.74, 6) is -0.0937. The van der Waals surface area contributed by atoms with Crippen LogP contribution < -0.4 is 5.32 Å². The van der Waals surface area contributed by atoms with E-state index in [1.807, 2.05) is 19.1 Å². The van der Waals surface area contributed by atoms with Crippen molar-refractivity contribution in [2.75, 3.05) is 0 Å². The summed E-state index contributed by atoms with van der Waals surface area (Å²) in [6, 6.07) is 10.4. The minimum Gasteiger partial charge on any atom is -0.508 e. The number of carbonyl (C=O) groups is 1. The van der Waals surface area contributed by atoms with Crippen LogP contribution in [0, 0.1) is 6.92 Å². The molecule has 1 fully saturated rings. The molecule has 2 N–H and O–H groups in total. The lowest BCUT2D eigenvalue weighted by molar-refractivity contribution is -0.115. The Morgan fingerprint density at radius 3 is 2.83 bits per heavy atom. The summed E-state index contributed by atoms with van der Waals surface area (Å²) in [7, 11) is 0. The van der Waals surface area contributed by atoms with E-state index in [0.29, 0.717) is 26.3 Å². The smallest absolute Gasteiger partial charge is 0.264 e. The molecule has 0 spiro atoms. The van der Waals surface area contributed by atoms with Gasteiger partial charge in [0.25, 0.3) is 5.91 Å². The predicted molar refractivity (Wildman–Crippen MR) is 103 cm³/mol. The summed E-state index contributed by atoms with van der Waals surface area (Å²) in [5, 5.41) is 13.4. The van der Waals surface area contributed by atoms with Crippen molar-refractivity contribution in [1.82, 2.24) is 5.32 Å². The minimum atomic E-state index is -0.229. The Morgan fingerprint density at radius 1 is 1.29 bits per heavy atom. The number of nitrogens with zero attached hydrogens (tertiary/aromatic N) is 1. The van der Waals surface area contributed by atoms with E-state index < -0.39 is 0 Å².